The minimum atomic E-state index is -1.66. The molecule has 0 aliphatic heterocycles. The summed E-state index contributed by atoms with van der Waals surface area (Å²) in [6.07, 6.45) is 4.56. The van der Waals surface area contributed by atoms with E-state index in [1.54, 1.807) is 27.7 Å². The van der Waals surface area contributed by atoms with Crippen molar-refractivity contribution < 1.29 is 77.0 Å². The summed E-state index contributed by atoms with van der Waals surface area (Å²) >= 11 is 0. The van der Waals surface area contributed by atoms with Crippen molar-refractivity contribution in [1.29, 1.82) is 0 Å². The van der Waals surface area contributed by atoms with Gasteiger partial charge in [-0.25, -0.2) is 0 Å². The van der Waals surface area contributed by atoms with E-state index in [0.29, 0.717) is 70.6 Å². The largest absolute Gasteiger partial charge is 0.481 e. The topological polar surface area (TPSA) is 641 Å². The molecule has 0 bridgehead atoms. The average Bonchev–Trinajstić information content (AvgIpc) is 0.856. The van der Waals surface area contributed by atoms with Gasteiger partial charge in [0.15, 0.2) is 0 Å². The Morgan fingerprint density at radius 3 is 0.533 bits per heavy atom. The number of primary amides is 1. The minimum Gasteiger partial charge on any atom is -0.481 e. The molecule has 0 aliphatic carbocycles. The molecular weight excluding hydrogens is 1550 g/mol. The maximum Gasteiger partial charge on any atom is 0.303 e. The Labute approximate surface area is 713 Å². The Morgan fingerprint density at radius 2 is 0.367 bits per heavy atom. The molecule has 0 rings (SSSR count). The zero-order valence-corrected chi connectivity index (χ0v) is 74.6. The number of unbranched alkanes of at least 4 members (excludes halogenated alkanes) is 6. The second-order valence-corrected chi connectivity index (χ2v) is 34.9. The van der Waals surface area contributed by atoms with Crippen LogP contribution in [0.25, 0.3) is 0 Å². The number of nitrogens with two attached hydrogens (primary N) is 8. The van der Waals surface area contributed by atoms with Gasteiger partial charge in [0.25, 0.3) is 0 Å². The van der Waals surface area contributed by atoms with Crippen LogP contribution in [0.15, 0.2) is 0 Å². The van der Waals surface area contributed by atoms with E-state index in [1.807, 2.05) is 69.2 Å². The minimum absolute atomic E-state index is 0.00773. The SMILES string of the molecule is CC(C)C[C@H](NC(=O)[C@H](CC(C)C)NC(=O)[C@H](CCCCN)NC(=O)[C@H](CCCCN)NC(=O)[C@H](CC(C)C)NC(=O)[C@H](CC(C)C)NC(=O)[C@H](CCCCN)NC(=O)[C@H](CCCCN)NC(=O)[C@H](CCC(=O)O)NC(=O)[C@H](CC(C)C)NC(=O)[C@H](CCCCN)NC(=O)[C@H](CCCCN)NC(=O)[C@H](CC(C)C)NC(=O)[C@@H](N)CC(C)C)C(N)=O. The maximum atomic E-state index is 14.8. The molecule has 0 aliphatic rings. The molecule has 0 heterocycles. The zero-order chi connectivity index (χ0) is 91.3. The van der Waals surface area contributed by atoms with E-state index in [9.17, 15) is 77.0 Å². The third-order valence-electron chi connectivity index (χ3n) is 19.9. The number of nitrogens with one attached hydrogen (secondary N) is 13. The van der Waals surface area contributed by atoms with Crippen LogP contribution in [0.2, 0.25) is 0 Å². The number of rotatable bonds is 68. The lowest BCUT2D eigenvalue weighted by Crippen LogP contribution is -2.61. The van der Waals surface area contributed by atoms with Gasteiger partial charge in [0.05, 0.1) is 6.04 Å². The van der Waals surface area contributed by atoms with Gasteiger partial charge in [0.1, 0.15) is 78.5 Å². The first kappa shape index (κ1) is 112. The molecule has 120 heavy (non-hydrogen) atoms. The fourth-order valence-electron chi connectivity index (χ4n) is 13.5. The molecule has 14 amide bonds. The molecule has 0 fully saturated rings. The standard InChI is InChI=1S/C83H159N21O16/c1-48(2)41-55(90)71(108)100-64(43-50(5)6)79(116)96-57(28-16-22-36-85)73(110)93-59(30-18-24-38-87)75(112)101-65(44-51(7)8)81(118)98-62(33-34-69(105)106)78(115)95-56(27-15-21-35-84)72(109)92-61(32-20-26-40-89)77(114)103-68(47-54(13)14)83(120)104-66(45-52(9)10)80(117)97-58(29-17-23-37-86)74(111)94-60(31-19-25-39-88)76(113)102-67(46-53(11)12)82(119)99-63(70(91)107)42-49(3)4/h48-68H,15-47,84-90H2,1-14H3,(H2,91,107)(H,92,109)(H,93,110)(H,94,111)(H,95,115)(H,96,116)(H,97,117)(H,98,118)(H,99,119)(H,100,108)(H,101,112)(H,102,113)(H,103,114)(H,104,120)(H,105,106)/t55-,56-,57-,58-,59-,60-,61-,62-,63-,64-,65-,66-,67-,68-/m0/s1. The van der Waals surface area contributed by atoms with Crippen molar-refractivity contribution in [2.45, 2.75) is 355 Å². The quantitative estimate of drug-likeness (QED) is 0.0358. The first-order valence-corrected chi connectivity index (χ1v) is 43.9. The van der Waals surface area contributed by atoms with E-state index in [-0.39, 0.29) is 171 Å². The Balaban J connectivity index is 7.47. The zero-order valence-electron chi connectivity index (χ0n) is 74.6. The molecular formula is C83H159N21O16. The predicted octanol–water partition coefficient (Wildman–Crippen LogP) is 0.0629. The molecule has 0 aromatic carbocycles. The van der Waals surface area contributed by atoms with Crippen LogP contribution in [-0.2, 0) is 71.9 Å². The lowest BCUT2D eigenvalue weighted by Gasteiger charge is -2.29. The number of hydrogen-bond acceptors (Lipinski definition) is 22. The van der Waals surface area contributed by atoms with Crippen LogP contribution in [0.5, 0.6) is 0 Å². The summed E-state index contributed by atoms with van der Waals surface area (Å²) in [6.45, 7) is 27.1. The molecule has 692 valence electrons. The fraction of sp³-hybridized carbons (Fsp3) is 0.819. The summed E-state index contributed by atoms with van der Waals surface area (Å²) in [5.41, 5.74) is 47.1. The summed E-state index contributed by atoms with van der Waals surface area (Å²) in [4.78, 5) is 212. The van der Waals surface area contributed by atoms with Crippen LogP contribution in [0.1, 0.15) is 270 Å². The number of hydrogen-bond donors (Lipinski definition) is 22. The van der Waals surface area contributed by atoms with Crippen LogP contribution in [0.3, 0.4) is 0 Å². The summed E-state index contributed by atoms with van der Waals surface area (Å²) in [6, 6.07) is -17.7. The molecule has 0 spiro atoms. The van der Waals surface area contributed by atoms with Gasteiger partial charge in [-0.3, -0.25) is 71.9 Å². The molecule has 0 unspecified atom stereocenters. The van der Waals surface area contributed by atoms with Crippen molar-refractivity contribution in [1.82, 2.24) is 69.1 Å². The van der Waals surface area contributed by atoms with E-state index in [2.05, 4.69) is 69.1 Å². The van der Waals surface area contributed by atoms with E-state index in [4.69, 9.17) is 45.9 Å². The molecule has 0 aromatic rings. The molecule has 0 aromatic heterocycles. The summed E-state index contributed by atoms with van der Waals surface area (Å²) in [5.74, 6) is -13.0. The Kier molecular flexibility index (Phi) is 58.5. The number of carboxylic acids is 1. The molecule has 0 saturated heterocycles. The van der Waals surface area contributed by atoms with E-state index in [0.717, 1.165) is 0 Å². The van der Waals surface area contributed by atoms with E-state index in [1.165, 1.54) is 0 Å². The van der Waals surface area contributed by atoms with Crippen LogP contribution < -0.4 is 115 Å². The third kappa shape index (κ3) is 49.0. The maximum absolute atomic E-state index is 14.8. The molecule has 0 radical (unpaired) electrons. The number of carbonyl (C=O) groups is 15. The van der Waals surface area contributed by atoms with E-state index >= 15 is 0 Å². The smallest absolute Gasteiger partial charge is 0.303 e. The van der Waals surface area contributed by atoms with Crippen LogP contribution in [-0.4, -0.2) is 218 Å². The molecule has 37 nitrogen and oxygen atoms in total. The molecule has 30 N–H and O–H groups in total. The summed E-state index contributed by atoms with van der Waals surface area (Å²) in [5, 5.41) is 45.7. The van der Waals surface area contributed by atoms with E-state index < -0.39 is 186 Å². The van der Waals surface area contributed by atoms with Gasteiger partial charge in [-0.1, -0.05) is 96.9 Å². The van der Waals surface area contributed by atoms with Gasteiger partial charge in [-0.15, -0.1) is 0 Å². The highest BCUT2D eigenvalue weighted by Crippen LogP contribution is 2.18. The highest BCUT2D eigenvalue weighted by atomic mass is 16.4. The monoisotopic (exact) mass is 1710 g/mol. The van der Waals surface area contributed by atoms with Crippen molar-refractivity contribution in [3.05, 3.63) is 0 Å². The van der Waals surface area contributed by atoms with Crippen molar-refractivity contribution in [3.8, 4) is 0 Å². The predicted molar refractivity (Wildman–Crippen MR) is 463 cm³/mol. The van der Waals surface area contributed by atoms with Crippen LogP contribution in [0.4, 0.5) is 0 Å². The fourth-order valence-corrected chi connectivity index (χ4v) is 13.5. The van der Waals surface area contributed by atoms with Crippen molar-refractivity contribution in [2.24, 2.45) is 87.3 Å². The lowest BCUT2D eigenvalue weighted by molar-refractivity contribution is -0.139. The van der Waals surface area contributed by atoms with Crippen LogP contribution in [0, 0.1) is 41.4 Å². The Bertz CT molecular complexity index is 3110. The number of carbonyl (C=O) groups excluding carboxylic acids is 14. The highest BCUT2D eigenvalue weighted by Gasteiger charge is 2.39. The highest BCUT2D eigenvalue weighted by molar-refractivity contribution is 6.00. The third-order valence-corrected chi connectivity index (χ3v) is 19.9. The second-order valence-electron chi connectivity index (χ2n) is 34.9. The van der Waals surface area contributed by atoms with Crippen molar-refractivity contribution in [3.63, 3.8) is 0 Å². The normalized spacial score (nSPS) is 15.1. The average molecular weight is 1710 g/mol. The van der Waals surface area contributed by atoms with Gasteiger partial charge in [0, 0.05) is 6.42 Å². The number of carboxylic acid groups (broad SMARTS) is 1. The van der Waals surface area contributed by atoms with Crippen LogP contribution >= 0.6 is 0 Å². The second kappa shape index (κ2) is 62.8. The van der Waals surface area contributed by atoms with Crippen molar-refractivity contribution >= 4 is 88.7 Å². The molecule has 37 heteroatoms. The van der Waals surface area contributed by atoms with Gasteiger partial charge in [0.2, 0.25) is 82.7 Å². The van der Waals surface area contributed by atoms with Gasteiger partial charge in [-0.05, 0) is 248 Å². The van der Waals surface area contributed by atoms with Gasteiger partial charge >= 0.3 is 5.97 Å². The lowest BCUT2D eigenvalue weighted by atomic mass is 9.98. The summed E-state index contributed by atoms with van der Waals surface area (Å²) in [7, 11) is 0. The van der Waals surface area contributed by atoms with Gasteiger partial charge in [-0.2, -0.15) is 0 Å². The number of aliphatic carboxylic acids is 1. The van der Waals surface area contributed by atoms with Gasteiger partial charge < -0.3 is 120 Å². The molecule has 14 atom stereocenters. The summed E-state index contributed by atoms with van der Waals surface area (Å²) < 4.78 is 0. The first-order valence-electron chi connectivity index (χ1n) is 43.9. The molecule has 0 saturated carbocycles. The first-order chi connectivity index (χ1) is 56.5. The van der Waals surface area contributed by atoms with Crippen molar-refractivity contribution in [2.75, 3.05) is 39.3 Å². The Hall–Kier alpha value is -8.23. The Morgan fingerprint density at radius 1 is 0.217 bits per heavy atom. The number of amides is 14.